The maximum atomic E-state index is 13.0. The molecule has 0 amide bonds. The lowest BCUT2D eigenvalue weighted by Crippen LogP contribution is -2.21. The van der Waals surface area contributed by atoms with Crippen LogP contribution in [0.4, 0.5) is 4.39 Å². The summed E-state index contributed by atoms with van der Waals surface area (Å²) in [5.41, 5.74) is 0.720. The van der Waals surface area contributed by atoms with Crippen LogP contribution in [-0.4, -0.2) is 6.29 Å². The van der Waals surface area contributed by atoms with Gasteiger partial charge < -0.3 is 4.79 Å². The third-order valence-electron chi connectivity index (χ3n) is 3.29. The molecule has 80 valence electrons. The van der Waals surface area contributed by atoms with Crippen LogP contribution in [-0.2, 0) is 11.2 Å². The molecule has 1 saturated carbocycles. The van der Waals surface area contributed by atoms with Crippen LogP contribution in [0.1, 0.15) is 31.2 Å². The zero-order chi connectivity index (χ0) is 10.7. The number of hydrogen-bond acceptors (Lipinski definition) is 1. The lowest BCUT2D eigenvalue weighted by atomic mass is 9.81. The minimum absolute atomic E-state index is 0.214. The van der Waals surface area contributed by atoms with Gasteiger partial charge in [0, 0.05) is 5.41 Å². The standard InChI is InChI=1S/C13H15FO/c14-12-5-3-4-11(8-12)9-13(10-15)6-1-2-7-13/h3-5,8,10H,1-2,6-7,9H2. The van der Waals surface area contributed by atoms with E-state index in [4.69, 9.17) is 0 Å². The van der Waals surface area contributed by atoms with Gasteiger partial charge in [-0.1, -0.05) is 25.0 Å². The van der Waals surface area contributed by atoms with Gasteiger partial charge in [0.25, 0.3) is 0 Å². The maximum Gasteiger partial charge on any atom is 0.126 e. The highest BCUT2D eigenvalue weighted by molar-refractivity contribution is 5.60. The zero-order valence-electron chi connectivity index (χ0n) is 8.71. The molecule has 2 rings (SSSR count). The summed E-state index contributed by atoms with van der Waals surface area (Å²) in [6.45, 7) is 0. The summed E-state index contributed by atoms with van der Waals surface area (Å²) in [4.78, 5) is 11.1. The van der Waals surface area contributed by atoms with Crippen LogP contribution >= 0.6 is 0 Å². The van der Waals surface area contributed by atoms with Gasteiger partial charge in [-0.25, -0.2) is 4.39 Å². The Labute approximate surface area is 89.3 Å². The molecule has 15 heavy (non-hydrogen) atoms. The van der Waals surface area contributed by atoms with E-state index in [0.29, 0.717) is 6.42 Å². The first kappa shape index (κ1) is 10.3. The van der Waals surface area contributed by atoms with Crippen molar-refractivity contribution in [1.29, 1.82) is 0 Å². The molecule has 0 aromatic heterocycles. The van der Waals surface area contributed by atoms with Gasteiger partial charge in [-0.3, -0.25) is 0 Å². The number of carbonyl (C=O) groups is 1. The third-order valence-corrected chi connectivity index (χ3v) is 3.29. The lowest BCUT2D eigenvalue weighted by molar-refractivity contribution is -0.115. The van der Waals surface area contributed by atoms with Gasteiger partial charge in [-0.05, 0) is 37.0 Å². The fraction of sp³-hybridized carbons (Fsp3) is 0.462. The molecular formula is C13H15FO. The van der Waals surface area contributed by atoms with Gasteiger partial charge in [-0.2, -0.15) is 0 Å². The topological polar surface area (TPSA) is 17.1 Å². The Hall–Kier alpha value is -1.18. The van der Waals surface area contributed by atoms with E-state index in [-0.39, 0.29) is 11.2 Å². The summed E-state index contributed by atoms with van der Waals surface area (Å²) in [5, 5.41) is 0. The van der Waals surface area contributed by atoms with Crippen molar-refractivity contribution in [1.82, 2.24) is 0 Å². The molecule has 0 N–H and O–H groups in total. The first-order valence-electron chi connectivity index (χ1n) is 5.45. The highest BCUT2D eigenvalue weighted by Crippen LogP contribution is 2.39. The largest absolute Gasteiger partial charge is 0.303 e. The summed E-state index contributed by atoms with van der Waals surface area (Å²) in [5.74, 6) is -0.216. The van der Waals surface area contributed by atoms with Crippen molar-refractivity contribution in [3.05, 3.63) is 35.6 Å². The van der Waals surface area contributed by atoms with Gasteiger partial charge in [0.15, 0.2) is 0 Å². The Bertz CT molecular complexity index is 353. The van der Waals surface area contributed by atoms with E-state index in [2.05, 4.69) is 0 Å². The Morgan fingerprint density at radius 1 is 1.33 bits per heavy atom. The molecule has 0 heterocycles. The molecule has 1 aliphatic rings. The van der Waals surface area contributed by atoms with E-state index in [1.807, 2.05) is 6.07 Å². The lowest BCUT2D eigenvalue weighted by Gasteiger charge is -2.21. The first-order chi connectivity index (χ1) is 7.24. The molecule has 2 heteroatoms. The van der Waals surface area contributed by atoms with Gasteiger partial charge >= 0.3 is 0 Å². The summed E-state index contributed by atoms with van der Waals surface area (Å²) < 4.78 is 13.0. The fourth-order valence-corrected chi connectivity index (χ4v) is 2.47. The van der Waals surface area contributed by atoms with E-state index < -0.39 is 0 Å². The van der Waals surface area contributed by atoms with Crippen LogP contribution in [0.25, 0.3) is 0 Å². The summed E-state index contributed by atoms with van der Waals surface area (Å²) >= 11 is 0. The molecule has 0 saturated heterocycles. The summed E-state index contributed by atoms with van der Waals surface area (Å²) in [6, 6.07) is 6.57. The van der Waals surface area contributed by atoms with Crippen LogP contribution in [0.2, 0.25) is 0 Å². The minimum Gasteiger partial charge on any atom is -0.303 e. The van der Waals surface area contributed by atoms with Gasteiger partial charge in [0.1, 0.15) is 12.1 Å². The van der Waals surface area contributed by atoms with E-state index >= 15 is 0 Å². The quantitative estimate of drug-likeness (QED) is 0.694. The number of carbonyl (C=O) groups excluding carboxylic acids is 1. The molecule has 1 fully saturated rings. The number of halogens is 1. The first-order valence-corrected chi connectivity index (χ1v) is 5.45. The Morgan fingerprint density at radius 2 is 2.07 bits per heavy atom. The minimum atomic E-state index is -0.216. The molecule has 0 atom stereocenters. The van der Waals surface area contributed by atoms with Gasteiger partial charge in [-0.15, -0.1) is 0 Å². The van der Waals surface area contributed by atoms with E-state index in [9.17, 15) is 9.18 Å². The number of aldehydes is 1. The molecule has 0 radical (unpaired) electrons. The highest BCUT2D eigenvalue weighted by atomic mass is 19.1. The van der Waals surface area contributed by atoms with Crippen LogP contribution in [0.3, 0.4) is 0 Å². The second-order valence-corrected chi connectivity index (χ2v) is 4.49. The van der Waals surface area contributed by atoms with Crippen LogP contribution < -0.4 is 0 Å². The molecule has 1 aromatic rings. The monoisotopic (exact) mass is 206 g/mol. The van der Waals surface area contributed by atoms with Crippen LogP contribution in [0.15, 0.2) is 24.3 Å². The van der Waals surface area contributed by atoms with Crippen molar-refractivity contribution < 1.29 is 9.18 Å². The smallest absolute Gasteiger partial charge is 0.126 e. The van der Waals surface area contributed by atoms with E-state index in [1.165, 1.54) is 12.1 Å². The summed E-state index contributed by atoms with van der Waals surface area (Å²) in [7, 11) is 0. The Kier molecular flexibility index (Phi) is 2.85. The van der Waals surface area contributed by atoms with Crippen LogP contribution in [0.5, 0.6) is 0 Å². The number of rotatable bonds is 3. The Morgan fingerprint density at radius 3 is 2.67 bits per heavy atom. The maximum absolute atomic E-state index is 13.0. The van der Waals surface area contributed by atoms with Crippen molar-refractivity contribution in [3.8, 4) is 0 Å². The number of hydrogen-bond donors (Lipinski definition) is 0. The molecule has 1 nitrogen and oxygen atoms in total. The van der Waals surface area contributed by atoms with E-state index in [1.54, 1.807) is 6.07 Å². The van der Waals surface area contributed by atoms with Crippen molar-refractivity contribution >= 4 is 6.29 Å². The summed E-state index contributed by atoms with van der Waals surface area (Å²) in [6.07, 6.45) is 5.90. The van der Waals surface area contributed by atoms with Crippen molar-refractivity contribution in [3.63, 3.8) is 0 Å². The SMILES string of the molecule is O=CC1(Cc2cccc(F)c2)CCCC1. The van der Waals surface area contributed by atoms with Crippen molar-refractivity contribution in [2.75, 3.05) is 0 Å². The van der Waals surface area contributed by atoms with Gasteiger partial charge in [0.2, 0.25) is 0 Å². The van der Waals surface area contributed by atoms with Crippen molar-refractivity contribution in [2.45, 2.75) is 32.1 Å². The van der Waals surface area contributed by atoms with Crippen molar-refractivity contribution in [2.24, 2.45) is 5.41 Å². The third kappa shape index (κ3) is 2.25. The van der Waals surface area contributed by atoms with Crippen LogP contribution in [0, 0.1) is 11.2 Å². The molecule has 0 spiro atoms. The molecule has 0 unspecified atom stereocenters. The molecule has 0 aliphatic heterocycles. The number of benzene rings is 1. The molecular weight excluding hydrogens is 191 g/mol. The highest BCUT2D eigenvalue weighted by Gasteiger charge is 2.33. The fourth-order valence-electron chi connectivity index (χ4n) is 2.47. The average molecular weight is 206 g/mol. The predicted octanol–water partition coefficient (Wildman–Crippen LogP) is 3.13. The second-order valence-electron chi connectivity index (χ2n) is 4.49. The van der Waals surface area contributed by atoms with Gasteiger partial charge in [0.05, 0.1) is 0 Å². The molecule has 1 aromatic carbocycles. The second kappa shape index (κ2) is 4.13. The Balaban J connectivity index is 2.16. The molecule has 1 aliphatic carbocycles. The normalized spacial score (nSPS) is 19.0. The zero-order valence-corrected chi connectivity index (χ0v) is 8.71. The van der Waals surface area contributed by atoms with E-state index in [0.717, 1.165) is 37.5 Å². The predicted molar refractivity (Wildman–Crippen MR) is 57.1 cm³/mol. The average Bonchev–Trinajstić information content (AvgIpc) is 2.67. The molecule has 0 bridgehead atoms.